The third-order valence-corrected chi connectivity index (χ3v) is 2.94. The molecule has 0 aliphatic rings. The van der Waals surface area contributed by atoms with E-state index in [-0.39, 0.29) is 12.5 Å². The molecule has 0 unspecified atom stereocenters. The molecule has 0 aliphatic carbocycles. The first-order valence-electron chi connectivity index (χ1n) is 6.31. The molecule has 4 N–H and O–H groups in total. The number of aliphatic hydroxyl groups is 1. The van der Waals surface area contributed by atoms with E-state index in [9.17, 15) is 4.79 Å². The van der Waals surface area contributed by atoms with Crippen molar-refractivity contribution in [1.82, 2.24) is 15.1 Å². The molecule has 102 valence electrons. The summed E-state index contributed by atoms with van der Waals surface area (Å²) in [6.07, 6.45) is 0.830. The van der Waals surface area contributed by atoms with Crippen LogP contribution in [-0.2, 0) is 0 Å². The number of rotatable bonds is 5. The summed E-state index contributed by atoms with van der Waals surface area (Å²) >= 11 is 0. The van der Waals surface area contributed by atoms with Crippen LogP contribution in [0.25, 0.3) is 10.9 Å². The van der Waals surface area contributed by atoms with Gasteiger partial charge in [0.1, 0.15) is 0 Å². The fraction of sp³-hybridized carbons (Fsp3) is 0.385. The maximum absolute atomic E-state index is 12.4. The van der Waals surface area contributed by atoms with Crippen LogP contribution in [0.5, 0.6) is 0 Å². The van der Waals surface area contributed by atoms with Crippen LogP contribution in [0.4, 0.5) is 5.69 Å². The van der Waals surface area contributed by atoms with E-state index in [2.05, 4.69) is 10.2 Å². The SMILES string of the molecule is CCCN(CCO)C(=O)c1n[nH]c2ccc(N)cc12. The van der Waals surface area contributed by atoms with Crippen LogP contribution in [0.15, 0.2) is 18.2 Å². The van der Waals surface area contributed by atoms with Gasteiger partial charge in [0, 0.05) is 24.2 Å². The summed E-state index contributed by atoms with van der Waals surface area (Å²) in [5.74, 6) is -0.187. The minimum Gasteiger partial charge on any atom is -0.399 e. The highest BCUT2D eigenvalue weighted by molar-refractivity contribution is 6.05. The fourth-order valence-corrected chi connectivity index (χ4v) is 2.05. The van der Waals surface area contributed by atoms with Gasteiger partial charge in [-0.05, 0) is 24.6 Å². The molecule has 0 saturated heterocycles. The first-order valence-corrected chi connectivity index (χ1v) is 6.31. The van der Waals surface area contributed by atoms with Crippen molar-refractivity contribution in [2.75, 3.05) is 25.4 Å². The second-order valence-corrected chi connectivity index (χ2v) is 4.39. The normalized spacial score (nSPS) is 10.8. The molecule has 1 amide bonds. The summed E-state index contributed by atoms with van der Waals surface area (Å²) in [7, 11) is 0. The average Bonchev–Trinajstić information content (AvgIpc) is 2.80. The van der Waals surface area contributed by atoms with Crippen molar-refractivity contribution in [3.63, 3.8) is 0 Å². The Kier molecular flexibility index (Phi) is 4.01. The quantitative estimate of drug-likeness (QED) is 0.700. The Morgan fingerprint density at radius 3 is 2.95 bits per heavy atom. The highest BCUT2D eigenvalue weighted by Crippen LogP contribution is 2.20. The molecular formula is C13H18N4O2. The van der Waals surface area contributed by atoms with Crippen LogP contribution in [0, 0.1) is 0 Å². The Morgan fingerprint density at radius 2 is 2.26 bits per heavy atom. The summed E-state index contributed by atoms with van der Waals surface area (Å²) in [5.41, 5.74) is 7.46. The average molecular weight is 262 g/mol. The van der Waals surface area contributed by atoms with Crippen molar-refractivity contribution in [3.05, 3.63) is 23.9 Å². The summed E-state index contributed by atoms with van der Waals surface area (Å²) in [6.45, 7) is 2.83. The van der Waals surface area contributed by atoms with Crippen LogP contribution in [0.2, 0.25) is 0 Å². The Balaban J connectivity index is 2.36. The van der Waals surface area contributed by atoms with Gasteiger partial charge in [0.25, 0.3) is 5.91 Å². The molecule has 0 saturated carbocycles. The molecule has 2 rings (SSSR count). The van der Waals surface area contributed by atoms with Gasteiger partial charge >= 0.3 is 0 Å². The summed E-state index contributed by atoms with van der Waals surface area (Å²) in [5, 5.41) is 16.6. The first kappa shape index (κ1) is 13.4. The van der Waals surface area contributed by atoms with E-state index in [1.54, 1.807) is 23.1 Å². The van der Waals surface area contributed by atoms with E-state index in [4.69, 9.17) is 10.8 Å². The monoisotopic (exact) mass is 262 g/mol. The van der Waals surface area contributed by atoms with Gasteiger partial charge in [-0.25, -0.2) is 0 Å². The van der Waals surface area contributed by atoms with Gasteiger partial charge in [-0.1, -0.05) is 6.92 Å². The molecule has 0 fully saturated rings. The van der Waals surface area contributed by atoms with E-state index < -0.39 is 0 Å². The van der Waals surface area contributed by atoms with E-state index in [1.807, 2.05) is 6.92 Å². The lowest BCUT2D eigenvalue weighted by molar-refractivity contribution is 0.0718. The van der Waals surface area contributed by atoms with Crippen LogP contribution >= 0.6 is 0 Å². The number of aromatic nitrogens is 2. The number of nitrogen functional groups attached to an aromatic ring is 1. The number of nitrogens with one attached hydrogen (secondary N) is 1. The van der Waals surface area contributed by atoms with Crippen LogP contribution in [0.3, 0.4) is 0 Å². The second kappa shape index (κ2) is 5.71. The summed E-state index contributed by atoms with van der Waals surface area (Å²) in [6, 6.07) is 5.28. The second-order valence-electron chi connectivity index (χ2n) is 4.39. The minimum absolute atomic E-state index is 0.0593. The number of hydrogen-bond acceptors (Lipinski definition) is 4. The van der Waals surface area contributed by atoms with Crippen molar-refractivity contribution in [3.8, 4) is 0 Å². The lowest BCUT2D eigenvalue weighted by Crippen LogP contribution is -2.34. The summed E-state index contributed by atoms with van der Waals surface area (Å²) < 4.78 is 0. The molecular weight excluding hydrogens is 244 g/mol. The molecule has 19 heavy (non-hydrogen) atoms. The molecule has 1 aromatic heterocycles. The number of fused-ring (bicyclic) bond motifs is 1. The Bertz CT molecular complexity index is 573. The van der Waals surface area contributed by atoms with E-state index in [0.717, 1.165) is 11.9 Å². The Hall–Kier alpha value is -2.08. The predicted octanol–water partition coefficient (Wildman–Crippen LogP) is 0.990. The van der Waals surface area contributed by atoms with E-state index in [1.165, 1.54) is 0 Å². The summed E-state index contributed by atoms with van der Waals surface area (Å²) in [4.78, 5) is 14.0. The number of carbonyl (C=O) groups excluding carboxylic acids is 1. The molecule has 2 aromatic rings. The highest BCUT2D eigenvalue weighted by atomic mass is 16.3. The number of nitrogens with zero attached hydrogens (tertiary/aromatic N) is 2. The molecule has 0 aliphatic heterocycles. The van der Waals surface area contributed by atoms with Crippen molar-refractivity contribution in [2.24, 2.45) is 0 Å². The Morgan fingerprint density at radius 1 is 1.47 bits per heavy atom. The largest absolute Gasteiger partial charge is 0.399 e. The number of H-pyrrole nitrogens is 1. The van der Waals surface area contributed by atoms with Gasteiger partial charge in [-0.2, -0.15) is 5.10 Å². The zero-order valence-corrected chi connectivity index (χ0v) is 10.9. The molecule has 0 radical (unpaired) electrons. The topological polar surface area (TPSA) is 95.2 Å². The predicted molar refractivity (Wildman–Crippen MR) is 73.8 cm³/mol. The first-order chi connectivity index (χ1) is 9.17. The minimum atomic E-state index is -0.187. The number of nitrogens with two attached hydrogens (primary N) is 1. The molecule has 6 heteroatoms. The standard InChI is InChI=1S/C13H18N4O2/c1-2-5-17(6-7-18)13(19)12-10-8-9(14)3-4-11(10)15-16-12/h3-4,8,18H,2,5-7,14H2,1H3,(H,15,16). The third kappa shape index (κ3) is 2.68. The van der Waals surface area contributed by atoms with Crippen LogP contribution in [0.1, 0.15) is 23.8 Å². The van der Waals surface area contributed by atoms with E-state index >= 15 is 0 Å². The van der Waals surface area contributed by atoms with Gasteiger partial charge in [-0.15, -0.1) is 0 Å². The fourth-order valence-electron chi connectivity index (χ4n) is 2.05. The number of carbonyl (C=O) groups is 1. The molecule has 6 nitrogen and oxygen atoms in total. The number of benzene rings is 1. The van der Waals surface area contributed by atoms with Crippen LogP contribution in [-0.4, -0.2) is 45.8 Å². The molecule has 0 atom stereocenters. The molecule has 0 bridgehead atoms. The lowest BCUT2D eigenvalue weighted by atomic mass is 10.1. The number of hydrogen-bond donors (Lipinski definition) is 3. The van der Waals surface area contributed by atoms with Crippen molar-refractivity contribution >= 4 is 22.5 Å². The van der Waals surface area contributed by atoms with Gasteiger partial charge < -0.3 is 15.7 Å². The van der Waals surface area contributed by atoms with Gasteiger partial charge in [0.05, 0.1) is 12.1 Å². The van der Waals surface area contributed by atoms with Crippen molar-refractivity contribution < 1.29 is 9.90 Å². The number of anilines is 1. The van der Waals surface area contributed by atoms with Gasteiger partial charge in [0.15, 0.2) is 5.69 Å². The smallest absolute Gasteiger partial charge is 0.275 e. The Labute approximate surface area is 111 Å². The van der Waals surface area contributed by atoms with Crippen molar-refractivity contribution in [1.29, 1.82) is 0 Å². The van der Waals surface area contributed by atoms with Gasteiger partial charge in [-0.3, -0.25) is 9.89 Å². The third-order valence-electron chi connectivity index (χ3n) is 2.94. The van der Waals surface area contributed by atoms with E-state index in [0.29, 0.717) is 29.9 Å². The number of aromatic amines is 1. The highest BCUT2D eigenvalue weighted by Gasteiger charge is 2.20. The van der Waals surface area contributed by atoms with Crippen molar-refractivity contribution in [2.45, 2.75) is 13.3 Å². The van der Waals surface area contributed by atoms with Crippen LogP contribution < -0.4 is 5.73 Å². The molecule has 1 heterocycles. The van der Waals surface area contributed by atoms with Gasteiger partial charge in [0.2, 0.25) is 0 Å². The maximum atomic E-state index is 12.4. The molecule has 1 aromatic carbocycles. The lowest BCUT2D eigenvalue weighted by Gasteiger charge is -2.19. The zero-order valence-electron chi connectivity index (χ0n) is 10.9. The molecule has 0 spiro atoms. The zero-order chi connectivity index (χ0) is 13.8. The number of amides is 1. The maximum Gasteiger partial charge on any atom is 0.275 e. The number of aliphatic hydroxyl groups excluding tert-OH is 1.